The Morgan fingerprint density at radius 3 is 2.46 bits per heavy atom. The molecule has 1 amide bonds. The zero-order valence-electron chi connectivity index (χ0n) is 15.2. The van der Waals surface area contributed by atoms with E-state index in [9.17, 15) is 14.9 Å². The van der Waals surface area contributed by atoms with E-state index in [-0.39, 0.29) is 11.6 Å². The van der Waals surface area contributed by atoms with Gasteiger partial charge in [0.15, 0.2) is 0 Å². The molecule has 0 bridgehead atoms. The Bertz CT molecular complexity index is 754. The molecular formula is C18H23N3O4S. The molecule has 2 aromatic rings. The molecule has 0 radical (unpaired) electrons. The maximum atomic E-state index is 12.2. The summed E-state index contributed by atoms with van der Waals surface area (Å²) < 4.78 is 5.70. The van der Waals surface area contributed by atoms with Crippen molar-refractivity contribution in [1.82, 2.24) is 4.90 Å². The largest absolute Gasteiger partial charge is 0.492 e. The Kier molecular flexibility index (Phi) is 7.11. The van der Waals surface area contributed by atoms with E-state index in [2.05, 4.69) is 24.1 Å². The summed E-state index contributed by atoms with van der Waals surface area (Å²) >= 11 is 1.11. The van der Waals surface area contributed by atoms with Crippen molar-refractivity contribution in [3.8, 4) is 5.75 Å². The van der Waals surface area contributed by atoms with E-state index >= 15 is 0 Å². The number of nitro groups is 1. The van der Waals surface area contributed by atoms with E-state index in [0.717, 1.165) is 36.7 Å². The molecule has 8 heteroatoms. The molecule has 0 fully saturated rings. The number of thiophene rings is 1. The second-order valence-electron chi connectivity index (χ2n) is 5.66. The van der Waals surface area contributed by atoms with Gasteiger partial charge in [0.2, 0.25) is 0 Å². The molecular weight excluding hydrogens is 354 g/mol. The van der Waals surface area contributed by atoms with Crippen molar-refractivity contribution < 1.29 is 14.5 Å². The summed E-state index contributed by atoms with van der Waals surface area (Å²) in [6.07, 6.45) is 0. The lowest BCUT2D eigenvalue weighted by atomic mass is 10.3. The number of aryl methyl sites for hydroxylation is 1. The number of benzene rings is 1. The molecule has 0 aliphatic rings. The Labute approximate surface area is 156 Å². The van der Waals surface area contributed by atoms with Crippen LogP contribution in [0.25, 0.3) is 0 Å². The molecule has 2 rings (SSSR count). The van der Waals surface area contributed by atoms with Gasteiger partial charge in [-0.1, -0.05) is 13.8 Å². The third-order valence-corrected chi connectivity index (χ3v) is 5.03. The fraction of sp³-hybridized carbons (Fsp3) is 0.389. The number of nitrogens with zero attached hydrogens (tertiary/aromatic N) is 2. The Balaban J connectivity index is 1.91. The zero-order valence-corrected chi connectivity index (χ0v) is 16.0. The molecule has 0 saturated heterocycles. The van der Waals surface area contributed by atoms with Crippen LogP contribution in [0.4, 0.5) is 11.4 Å². The lowest BCUT2D eigenvalue weighted by molar-refractivity contribution is -0.385. The van der Waals surface area contributed by atoms with Crippen LogP contribution < -0.4 is 10.1 Å². The number of amides is 1. The minimum atomic E-state index is -0.479. The van der Waals surface area contributed by atoms with Gasteiger partial charge in [0.1, 0.15) is 12.4 Å². The fourth-order valence-corrected chi connectivity index (χ4v) is 3.31. The van der Waals surface area contributed by atoms with E-state index in [1.54, 1.807) is 31.2 Å². The van der Waals surface area contributed by atoms with Crippen LogP contribution in [0.15, 0.2) is 30.3 Å². The lowest BCUT2D eigenvalue weighted by Gasteiger charge is -2.18. The minimum Gasteiger partial charge on any atom is -0.492 e. The number of hydrogen-bond acceptors (Lipinski definition) is 6. The SMILES string of the molecule is CCN(CC)CCOc1ccc(NC(=O)c2cc([N+](=O)[O-])c(C)s2)cc1. The van der Waals surface area contributed by atoms with Crippen molar-refractivity contribution in [2.75, 3.05) is 31.6 Å². The summed E-state index contributed by atoms with van der Waals surface area (Å²) in [6, 6.07) is 8.39. The topological polar surface area (TPSA) is 84.7 Å². The molecule has 0 spiro atoms. The van der Waals surface area contributed by atoms with Crippen molar-refractivity contribution in [3.63, 3.8) is 0 Å². The molecule has 26 heavy (non-hydrogen) atoms. The summed E-state index contributed by atoms with van der Waals surface area (Å²) in [5, 5.41) is 13.6. The second-order valence-corrected chi connectivity index (χ2v) is 6.92. The minimum absolute atomic E-state index is 0.0305. The number of rotatable bonds is 9. The van der Waals surface area contributed by atoms with Crippen LogP contribution in [0.3, 0.4) is 0 Å². The number of anilines is 1. The Hall–Kier alpha value is -2.45. The van der Waals surface area contributed by atoms with Gasteiger partial charge in [-0.25, -0.2) is 0 Å². The summed E-state index contributed by atoms with van der Waals surface area (Å²) in [5.74, 6) is 0.374. The van der Waals surface area contributed by atoms with E-state index in [1.807, 2.05) is 0 Å². The van der Waals surface area contributed by atoms with Crippen LogP contribution in [-0.2, 0) is 0 Å². The van der Waals surface area contributed by atoms with Gasteiger partial charge in [-0.05, 0) is 44.3 Å². The highest BCUT2D eigenvalue weighted by Crippen LogP contribution is 2.28. The van der Waals surface area contributed by atoms with Gasteiger partial charge in [-0.15, -0.1) is 11.3 Å². The predicted molar refractivity (Wildman–Crippen MR) is 103 cm³/mol. The summed E-state index contributed by atoms with van der Waals surface area (Å²) in [6.45, 7) is 9.31. The molecule has 0 saturated carbocycles. The lowest BCUT2D eigenvalue weighted by Crippen LogP contribution is -2.27. The van der Waals surface area contributed by atoms with E-state index in [0.29, 0.717) is 22.0 Å². The van der Waals surface area contributed by atoms with E-state index < -0.39 is 4.92 Å². The fourth-order valence-electron chi connectivity index (χ4n) is 2.43. The quantitative estimate of drug-likeness (QED) is 0.528. The Morgan fingerprint density at radius 2 is 1.92 bits per heavy atom. The maximum Gasteiger partial charge on any atom is 0.283 e. The predicted octanol–water partition coefficient (Wildman–Crippen LogP) is 3.94. The van der Waals surface area contributed by atoms with Gasteiger partial charge in [-0.2, -0.15) is 0 Å². The number of nitrogens with one attached hydrogen (secondary N) is 1. The van der Waals surface area contributed by atoms with Gasteiger partial charge in [0, 0.05) is 18.3 Å². The molecule has 1 aromatic carbocycles. The van der Waals surface area contributed by atoms with E-state index in [1.165, 1.54) is 6.07 Å². The second kappa shape index (κ2) is 9.30. The smallest absolute Gasteiger partial charge is 0.283 e. The van der Waals surface area contributed by atoms with Crippen molar-refractivity contribution in [1.29, 1.82) is 0 Å². The monoisotopic (exact) mass is 377 g/mol. The standard InChI is InChI=1S/C18H23N3O4S/c1-4-20(5-2)10-11-25-15-8-6-14(7-9-15)19-18(22)17-12-16(21(23)24)13(3)26-17/h6-9,12H,4-5,10-11H2,1-3H3,(H,19,22). The first kappa shape index (κ1) is 19.9. The van der Waals surface area contributed by atoms with Crippen LogP contribution in [-0.4, -0.2) is 42.0 Å². The molecule has 0 aliphatic carbocycles. The van der Waals surface area contributed by atoms with Crippen LogP contribution in [0.1, 0.15) is 28.4 Å². The average Bonchev–Trinajstić information content (AvgIpc) is 3.02. The Morgan fingerprint density at radius 1 is 1.27 bits per heavy atom. The first-order valence-electron chi connectivity index (χ1n) is 8.46. The number of carbonyl (C=O) groups excluding carboxylic acids is 1. The number of likely N-dealkylation sites (N-methyl/N-ethyl adjacent to an activating group) is 1. The molecule has 0 unspecified atom stereocenters. The van der Waals surface area contributed by atoms with E-state index in [4.69, 9.17) is 4.74 Å². The molecule has 1 heterocycles. The average molecular weight is 377 g/mol. The van der Waals surface area contributed by atoms with Gasteiger partial charge in [-0.3, -0.25) is 14.9 Å². The molecule has 0 aliphatic heterocycles. The molecule has 1 aromatic heterocycles. The summed E-state index contributed by atoms with van der Waals surface area (Å²) in [7, 11) is 0. The first-order chi connectivity index (χ1) is 12.4. The summed E-state index contributed by atoms with van der Waals surface area (Å²) in [5.41, 5.74) is 0.580. The number of ether oxygens (including phenoxy) is 1. The van der Waals surface area contributed by atoms with Gasteiger partial charge in [0.05, 0.1) is 14.7 Å². The first-order valence-corrected chi connectivity index (χ1v) is 9.27. The van der Waals surface area contributed by atoms with Gasteiger partial charge in [0.25, 0.3) is 11.6 Å². The van der Waals surface area contributed by atoms with Crippen LogP contribution >= 0.6 is 11.3 Å². The van der Waals surface area contributed by atoms with Crippen LogP contribution in [0.2, 0.25) is 0 Å². The van der Waals surface area contributed by atoms with Crippen LogP contribution in [0, 0.1) is 17.0 Å². The molecule has 7 nitrogen and oxygen atoms in total. The summed E-state index contributed by atoms with van der Waals surface area (Å²) in [4.78, 5) is 25.7. The molecule has 0 atom stereocenters. The van der Waals surface area contributed by atoms with Crippen molar-refractivity contribution >= 4 is 28.6 Å². The highest BCUT2D eigenvalue weighted by Gasteiger charge is 2.19. The van der Waals surface area contributed by atoms with Gasteiger partial charge < -0.3 is 15.0 Å². The number of carbonyl (C=O) groups is 1. The maximum absolute atomic E-state index is 12.2. The third-order valence-electron chi connectivity index (χ3n) is 3.99. The van der Waals surface area contributed by atoms with Crippen LogP contribution in [0.5, 0.6) is 5.75 Å². The highest BCUT2D eigenvalue weighted by molar-refractivity contribution is 7.14. The third kappa shape index (κ3) is 5.27. The molecule has 1 N–H and O–H groups in total. The number of hydrogen-bond donors (Lipinski definition) is 1. The van der Waals surface area contributed by atoms with Gasteiger partial charge >= 0.3 is 0 Å². The van der Waals surface area contributed by atoms with Crippen molar-refractivity contribution in [2.45, 2.75) is 20.8 Å². The zero-order chi connectivity index (χ0) is 19.1. The van der Waals surface area contributed by atoms with Crippen molar-refractivity contribution in [2.24, 2.45) is 0 Å². The normalized spacial score (nSPS) is 10.8. The highest BCUT2D eigenvalue weighted by atomic mass is 32.1. The van der Waals surface area contributed by atoms with Crippen molar-refractivity contribution in [3.05, 3.63) is 50.2 Å². The molecule has 140 valence electrons.